The van der Waals surface area contributed by atoms with Crippen molar-refractivity contribution in [3.05, 3.63) is 36.0 Å². The predicted molar refractivity (Wildman–Crippen MR) is 80.4 cm³/mol. The molecule has 0 aliphatic carbocycles. The zero-order valence-electron chi connectivity index (χ0n) is 11.9. The van der Waals surface area contributed by atoms with Gasteiger partial charge in [-0.3, -0.25) is 0 Å². The number of para-hydroxylation sites is 1. The van der Waals surface area contributed by atoms with Gasteiger partial charge >= 0.3 is 0 Å². The van der Waals surface area contributed by atoms with Gasteiger partial charge in [-0.1, -0.05) is 25.1 Å². The van der Waals surface area contributed by atoms with Crippen LogP contribution in [0, 0.1) is 0 Å². The lowest BCUT2D eigenvalue weighted by Gasteiger charge is -2.22. The van der Waals surface area contributed by atoms with Crippen LogP contribution in [0.2, 0.25) is 0 Å². The van der Waals surface area contributed by atoms with E-state index in [9.17, 15) is 0 Å². The summed E-state index contributed by atoms with van der Waals surface area (Å²) in [6.07, 6.45) is 3.75. The lowest BCUT2D eigenvalue weighted by atomic mass is 10.1. The third-order valence-electron chi connectivity index (χ3n) is 3.53. The van der Waals surface area contributed by atoms with Crippen molar-refractivity contribution in [3.8, 4) is 0 Å². The van der Waals surface area contributed by atoms with Gasteiger partial charge in [-0.25, -0.2) is 0 Å². The average Bonchev–Trinajstić information content (AvgIpc) is 2.81. The Bertz CT molecular complexity index is 598. The zero-order chi connectivity index (χ0) is 13.9. The maximum Gasteiger partial charge on any atom is 0.252 e. The smallest absolute Gasteiger partial charge is 0.252 e. The third-order valence-corrected chi connectivity index (χ3v) is 3.53. The van der Waals surface area contributed by atoms with Gasteiger partial charge in [0.1, 0.15) is 0 Å². The molecule has 0 amide bonds. The Morgan fingerprint density at radius 1 is 1.35 bits per heavy atom. The molecule has 1 aromatic carbocycles. The maximum absolute atomic E-state index is 4.58. The highest BCUT2D eigenvalue weighted by Gasteiger charge is 2.28. The Morgan fingerprint density at radius 2 is 2.20 bits per heavy atom. The van der Waals surface area contributed by atoms with E-state index >= 15 is 0 Å². The van der Waals surface area contributed by atoms with Crippen molar-refractivity contribution in [2.24, 2.45) is 0 Å². The summed E-state index contributed by atoms with van der Waals surface area (Å²) in [5.41, 5.74) is 2.53. The molecule has 20 heavy (non-hydrogen) atoms. The first-order valence-corrected chi connectivity index (χ1v) is 7.10. The van der Waals surface area contributed by atoms with Gasteiger partial charge in [-0.05, 0) is 31.4 Å². The first kappa shape index (κ1) is 12.8. The number of rotatable bonds is 4. The Hall–Kier alpha value is -2.17. The highest BCUT2D eigenvalue weighted by Crippen LogP contribution is 2.36. The molecule has 0 saturated heterocycles. The summed E-state index contributed by atoms with van der Waals surface area (Å²) in [6, 6.07) is 8.77. The fraction of sp³-hybridized carbons (Fsp3) is 0.400. The van der Waals surface area contributed by atoms with Crippen molar-refractivity contribution in [3.63, 3.8) is 0 Å². The third kappa shape index (κ3) is 2.31. The molecule has 2 aromatic rings. The standard InChI is InChI=1S/C15H19N5/c1-3-8-16-14-10-17-19-15(18-14)20-11(2)9-12-6-4-5-7-13(12)20/h4-7,10-11H,3,8-9H2,1-2H3,(H,16,18,19). The van der Waals surface area contributed by atoms with Gasteiger partial charge in [0.2, 0.25) is 0 Å². The topological polar surface area (TPSA) is 53.9 Å². The van der Waals surface area contributed by atoms with Crippen LogP contribution in [0.15, 0.2) is 30.5 Å². The summed E-state index contributed by atoms with van der Waals surface area (Å²) in [6.45, 7) is 5.21. The molecule has 0 fully saturated rings. The van der Waals surface area contributed by atoms with E-state index in [1.807, 2.05) is 0 Å². The second kappa shape index (κ2) is 5.45. The molecule has 1 unspecified atom stereocenters. The lowest BCUT2D eigenvalue weighted by molar-refractivity contribution is 0.729. The van der Waals surface area contributed by atoms with Crippen LogP contribution in [-0.4, -0.2) is 27.8 Å². The molecular formula is C15H19N5. The largest absolute Gasteiger partial charge is 0.369 e. The Labute approximate surface area is 119 Å². The van der Waals surface area contributed by atoms with Crippen molar-refractivity contribution in [1.82, 2.24) is 15.2 Å². The number of anilines is 3. The van der Waals surface area contributed by atoms with Crippen molar-refractivity contribution in [1.29, 1.82) is 0 Å². The van der Waals surface area contributed by atoms with Gasteiger partial charge in [-0.2, -0.15) is 10.1 Å². The van der Waals surface area contributed by atoms with Crippen LogP contribution in [0.1, 0.15) is 25.8 Å². The van der Waals surface area contributed by atoms with E-state index in [4.69, 9.17) is 0 Å². The molecular weight excluding hydrogens is 250 g/mol. The molecule has 104 valence electrons. The number of aromatic nitrogens is 3. The summed E-state index contributed by atoms with van der Waals surface area (Å²) < 4.78 is 0. The number of nitrogens with zero attached hydrogens (tertiary/aromatic N) is 4. The average molecular weight is 269 g/mol. The summed E-state index contributed by atoms with van der Waals surface area (Å²) in [7, 11) is 0. The van der Waals surface area contributed by atoms with Crippen LogP contribution in [0.3, 0.4) is 0 Å². The van der Waals surface area contributed by atoms with Crippen LogP contribution in [0.4, 0.5) is 17.5 Å². The molecule has 1 N–H and O–H groups in total. The normalized spacial score (nSPS) is 17.1. The zero-order valence-corrected chi connectivity index (χ0v) is 11.9. The van der Waals surface area contributed by atoms with Crippen molar-refractivity contribution < 1.29 is 0 Å². The highest BCUT2D eigenvalue weighted by atomic mass is 15.4. The molecule has 2 heterocycles. The maximum atomic E-state index is 4.58. The first-order valence-electron chi connectivity index (χ1n) is 7.10. The minimum Gasteiger partial charge on any atom is -0.369 e. The molecule has 1 aliphatic heterocycles. The molecule has 5 nitrogen and oxygen atoms in total. The quantitative estimate of drug-likeness (QED) is 0.925. The van der Waals surface area contributed by atoms with Crippen LogP contribution in [0.25, 0.3) is 0 Å². The van der Waals surface area contributed by atoms with Crippen molar-refractivity contribution in [2.75, 3.05) is 16.8 Å². The number of hydrogen-bond acceptors (Lipinski definition) is 5. The lowest BCUT2D eigenvalue weighted by Crippen LogP contribution is -2.26. The van der Waals surface area contributed by atoms with Crippen LogP contribution >= 0.6 is 0 Å². The molecule has 5 heteroatoms. The summed E-state index contributed by atoms with van der Waals surface area (Å²) in [5, 5.41) is 11.5. The Balaban J connectivity index is 1.93. The molecule has 1 aromatic heterocycles. The SMILES string of the molecule is CCCNc1cnnc(N2c3ccccc3CC2C)n1. The Kier molecular flexibility index (Phi) is 3.50. The predicted octanol–water partition coefficient (Wildman–Crippen LogP) is 2.78. The van der Waals surface area contributed by atoms with Crippen molar-refractivity contribution >= 4 is 17.5 Å². The summed E-state index contributed by atoms with van der Waals surface area (Å²) >= 11 is 0. The second-order valence-electron chi connectivity index (χ2n) is 5.12. The number of hydrogen-bond donors (Lipinski definition) is 1. The van der Waals surface area contributed by atoms with Crippen molar-refractivity contribution in [2.45, 2.75) is 32.7 Å². The van der Waals surface area contributed by atoms with Gasteiger partial charge < -0.3 is 10.2 Å². The molecule has 1 aliphatic rings. The molecule has 0 bridgehead atoms. The van der Waals surface area contributed by atoms with Gasteiger partial charge in [0.05, 0.1) is 6.20 Å². The number of fused-ring (bicyclic) bond motifs is 1. The van der Waals surface area contributed by atoms with E-state index in [1.54, 1.807) is 6.20 Å². The molecule has 0 radical (unpaired) electrons. The van der Waals surface area contributed by atoms with Gasteiger partial charge in [0.15, 0.2) is 5.82 Å². The minimum atomic E-state index is 0.357. The molecule has 3 rings (SSSR count). The second-order valence-corrected chi connectivity index (χ2v) is 5.12. The minimum absolute atomic E-state index is 0.357. The highest BCUT2D eigenvalue weighted by molar-refractivity contribution is 5.67. The fourth-order valence-corrected chi connectivity index (χ4v) is 2.60. The van der Waals surface area contributed by atoms with E-state index in [-0.39, 0.29) is 0 Å². The van der Waals surface area contributed by atoms with Crippen LogP contribution < -0.4 is 10.2 Å². The van der Waals surface area contributed by atoms with Gasteiger partial charge in [0, 0.05) is 18.3 Å². The Morgan fingerprint density at radius 3 is 3.05 bits per heavy atom. The van der Waals surface area contributed by atoms with E-state index in [2.05, 4.69) is 63.5 Å². The fourth-order valence-electron chi connectivity index (χ4n) is 2.60. The van der Waals surface area contributed by atoms with Gasteiger partial charge in [0.25, 0.3) is 5.95 Å². The summed E-state index contributed by atoms with van der Waals surface area (Å²) in [5.74, 6) is 1.46. The number of nitrogens with one attached hydrogen (secondary N) is 1. The first-order chi connectivity index (χ1) is 9.79. The number of benzene rings is 1. The van der Waals surface area contributed by atoms with Gasteiger partial charge in [-0.15, -0.1) is 5.10 Å². The molecule has 0 spiro atoms. The van der Waals surface area contributed by atoms with E-state index in [0.717, 1.165) is 25.2 Å². The molecule has 1 atom stereocenters. The van der Waals surface area contributed by atoms with E-state index in [0.29, 0.717) is 12.0 Å². The molecule has 0 saturated carbocycles. The monoisotopic (exact) mass is 269 g/mol. The summed E-state index contributed by atoms with van der Waals surface area (Å²) in [4.78, 5) is 6.75. The van der Waals surface area contributed by atoms with E-state index < -0.39 is 0 Å². The van der Waals surface area contributed by atoms with Crippen LogP contribution in [0.5, 0.6) is 0 Å². The van der Waals surface area contributed by atoms with E-state index in [1.165, 1.54) is 11.3 Å². The van der Waals surface area contributed by atoms with Crippen LogP contribution in [-0.2, 0) is 6.42 Å².